The summed E-state index contributed by atoms with van der Waals surface area (Å²) < 4.78 is 5.38. The Kier molecular flexibility index (Phi) is 5.46. The second-order valence-corrected chi connectivity index (χ2v) is 6.51. The van der Waals surface area contributed by atoms with Crippen molar-refractivity contribution < 1.29 is 9.53 Å². The lowest BCUT2D eigenvalue weighted by molar-refractivity contribution is 0.0950. The molecule has 0 saturated carbocycles. The maximum Gasteiger partial charge on any atom is 0.251 e. The van der Waals surface area contributed by atoms with Crippen molar-refractivity contribution in [3.8, 4) is 16.3 Å². The van der Waals surface area contributed by atoms with Crippen molar-refractivity contribution in [1.82, 2.24) is 10.3 Å². The first kappa shape index (κ1) is 17.2. The van der Waals surface area contributed by atoms with E-state index in [1.807, 2.05) is 12.3 Å². The molecule has 2 aromatic carbocycles. The van der Waals surface area contributed by atoms with E-state index in [9.17, 15) is 4.79 Å². The molecule has 0 unspecified atom stereocenters. The summed E-state index contributed by atoms with van der Waals surface area (Å²) in [7, 11) is 0. The van der Waals surface area contributed by atoms with Crippen molar-refractivity contribution in [3.63, 3.8) is 0 Å². The van der Waals surface area contributed by atoms with E-state index < -0.39 is 0 Å². The summed E-state index contributed by atoms with van der Waals surface area (Å²) in [5.41, 5.74) is 3.79. The highest BCUT2D eigenvalue weighted by Gasteiger charge is 2.08. The molecule has 1 N–H and O–H groups in total. The number of rotatable bonds is 6. The fourth-order valence-corrected chi connectivity index (χ4v) is 3.18. The Balaban J connectivity index is 1.60. The van der Waals surface area contributed by atoms with Gasteiger partial charge in [-0.05, 0) is 38.1 Å². The normalized spacial score (nSPS) is 10.5. The molecule has 3 rings (SSSR count). The Bertz CT molecular complexity index is 839. The maximum absolute atomic E-state index is 12.2. The van der Waals surface area contributed by atoms with E-state index >= 15 is 0 Å². The fraction of sp³-hybridized carbons (Fsp3) is 0.200. The lowest BCUT2D eigenvalue weighted by Crippen LogP contribution is -2.22. The van der Waals surface area contributed by atoms with Crippen molar-refractivity contribution in [3.05, 3.63) is 70.7 Å². The Morgan fingerprint density at radius 3 is 2.52 bits per heavy atom. The van der Waals surface area contributed by atoms with Crippen LogP contribution in [0.5, 0.6) is 5.75 Å². The van der Waals surface area contributed by atoms with Crippen LogP contribution in [0, 0.1) is 6.92 Å². The van der Waals surface area contributed by atoms with Gasteiger partial charge in [0.25, 0.3) is 5.91 Å². The quantitative estimate of drug-likeness (QED) is 0.713. The van der Waals surface area contributed by atoms with E-state index in [2.05, 4.69) is 41.5 Å². The minimum atomic E-state index is -0.118. The molecule has 0 aliphatic carbocycles. The Labute approximate surface area is 151 Å². The molecule has 1 heterocycles. The number of ether oxygens (including phenoxy) is 1. The van der Waals surface area contributed by atoms with Crippen LogP contribution in [0.4, 0.5) is 0 Å². The van der Waals surface area contributed by atoms with Crippen molar-refractivity contribution >= 4 is 17.2 Å². The largest absolute Gasteiger partial charge is 0.494 e. The van der Waals surface area contributed by atoms with Gasteiger partial charge in [-0.1, -0.05) is 29.8 Å². The molecule has 4 nitrogen and oxygen atoms in total. The van der Waals surface area contributed by atoms with Gasteiger partial charge in [0.15, 0.2) is 0 Å². The molecule has 1 amide bonds. The summed E-state index contributed by atoms with van der Waals surface area (Å²) in [5.74, 6) is 0.647. The number of aryl methyl sites for hydroxylation is 1. The molecule has 0 atom stereocenters. The SMILES string of the molecule is CCOc1ccc(C(=O)NCc2csc(-c3ccc(C)cc3)n2)cc1. The van der Waals surface area contributed by atoms with E-state index in [4.69, 9.17) is 4.74 Å². The van der Waals surface area contributed by atoms with E-state index in [0.717, 1.165) is 22.0 Å². The molecule has 0 bridgehead atoms. The molecule has 5 heteroatoms. The number of carbonyl (C=O) groups excluding carboxylic acids is 1. The lowest BCUT2D eigenvalue weighted by Gasteiger charge is -2.05. The predicted molar refractivity (Wildman–Crippen MR) is 101 cm³/mol. The highest BCUT2D eigenvalue weighted by molar-refractivity contribution is 7.13. The molecule has 0 aliphatic rings. The van der Waals surface area contributed by atoms with Crippen LogP contribution in [0.15, 0.2) is 53.9 Å². The van der Waals surface area contributed by atoms with E-state index in [1.54, 1.807) is 35.6 Å². The standard InChI is InChI=1S/C20H20N2O2S/c1-3-24-18-10-8-15(9-11-18)19(23)21-12-17-13-25-20(22-17)16-6-4-14(2)5-7-16/h4-11,13H,3,12H2,1-2H3,(H,21,23). The van der Waals surface area contributed by atoms with Gasteiger partial charge in [-0.3, -0.25) is 4.79 Å². The third kappa shape index (κ3) is 4.45. The summed E-state index contributed by atoms with van der Waals surface area (Å²) >= 11 is 1.58. The zero-order valence-corrected chi connectivity index (χ0v) is 15.1. The molecule has 3 aromatic rings. The average molecular weight is 352 g/mol. The topological polar surface area (TPSA) is 51.2 Å². The van der Waals surface area contributed by atoms with Gasteiger partial charge in [0.05, 0.1) is 18.8 Å². The number of hydrogen-bond acceptors (Lipinski definition) is 4. The van der Waals surface area contributed by atoms with Gasteiger partial charge in [-0.15, -0.1) is 11.3 Å². The van der Waals surface area contributed by atoms with Gasteiger partial charge in [-0.2, -0.15) is 0 Å². The molecule has 1 aromatic heterocycles. The predicted octanol–water partition coefficient (Wildman–Crippen LogP) is 4.45. The number of amides is 1. The second kappa shape index (κ2) is 7.94. The van der Waals surface area contributed by atoms with Crippen molar-refractivity contribution in [2.75, 3.05) is 6.61 Å². The van der Waals surface area contributed by atoms with Crippen LogP contribution in [0.1, 0.15) is 28.5 Å². The van der Waals surface area contributed by atoms with Gasteiger partial charge in [-0.25, -0.2) is 4.98 Å². The van der Waals surface area contributed by atoms with Gasteiger partial charge in [0.2, 0.25) is 0 Å². The van der Waals surface area contributed by atoms with E-state index in [-0.39, 0.29) is 5.91 Å². The Morgan fingerprint density at radius 1 is 1.12 bits per heavy atom. The first-order valence-electron chi connectivity index (χ1n) is 8.18. The number of nitrogens with zero attached hydrogens (tertiary/aromatic N) is 1. The molecule has 0 aliphatic heterocycles. The third-order valence-electron chi connectivity index (χ3n) is 3.71. The van der Waals surface area contributed by atoms with Gasteiger partial charge < -0.3 is 10.1 Å². The summed E-state index contributed by atoms with van der Waals surface area (Å²) in [4.78, 5) is 16.8. The number of benzene rings is 2. The smallest absolute Gasteiger partial charge is 0.251 e. The van der Waals surface area contributed by atoms with Crippen LogP contribution in [-0.4, -0.2) is 17.5 Å². The van der Waals surface area contributed by atoms with Crippen LogP contribution in [-0.2, 0) is 6.54 Å². The molecule has 0 radical (unpaired) electrons. The number of aromatic nitrogens is 1. The van der Waals surface area contributed by atoms with Crippen LogP contribution in [0.25, 0.3) is 10.6 Å². The highest BCUT2D eigenvalue weighted by Crippen LogP contribution is 2.24. The van der Waals surface area contributed by atoms with E-state index in [0.29, 0.717) is 18.7 Å². The molecular formula is C20H20N2O2S. The molecule has 128 valence electrons. The highest BCUT2D eigenvalue weighted by atomic mass is 32.1. The molecule has 0 fully saturated rings. The monoisotopic (exact) mass is 352 g/mol. The lowest BCUT2D eigenvalue weighted by atomic mass is 10.2. The van der Waals surface area contributed by atoms with Crippen LogP contribution >= 0.6 is 11.3 Å². The zero-order valence-electron chi connectivity index (χ0n) is 14.3. The number of thiazole rings is 1. The Hall–Kier alpha value is -2.66. The first-order chi connectivity index (χ1) is 12.2. The minimum absolute atomic E-state index is 0.118. The van der Waals surface area contributed by atoms with E-state index in [1.165, 1.54) is 5.56 Å². The Morgan fingerprint density at radius 2 is 1.84 bits per heavy atom. The van der Waals surface area contributed by atoms with Crippen molar-refractivity contribution in [1.29, 1.82) is 0 Å². The van der Waals surface area contributed by atoms with Crippen molar-refractivity contribution in [2.24, 2.45) is 0 Å². The number of hydrogen-bond donors (Lipinski definition) is 1. The second-order valence-electron chi connectivity index (χ2n) is 5.65. The molecule has 25 heavy (non-hydrogen) atoms. The summed E-state index contributed by atoms with van der Waals surface area (Å²) in [6.07, 6.45) is 0. The summed E-state index contributed by atoms with van der Waals surface area (Å²) in [6, 6.07) is 15.4. The first-order valence-corrected chi connectivity index (χ1v) is 9.06. The minimum Gasteiger partial charge on any atom is -0.494 e. The molecular weight excluding hydrogens is 332 g/mol. The van der Waals surface area contributed by atoms with Crippen LogP contribution in [0.2, 0.25) is 0 Å². The third-order valence-corrected chi connectivity index (χ3v) is 4.65. The van der Waals surface area contributed by atoms with Gasteiger partial charge in [0.1, 0.15) is 10.8 Å². The maximum atomic E-state index is 12.2. The fourth-order valence-electron chi connectivity index (χ4n) is 2.36. The average Bonchev–Trinajstić information content (AvgIpc) is 3.10. The van der Waals surface area contributed by atoms with Gasteiger partial charge >= 0.3 is 0 Å². The zero-order chi connectivity index (χ0) is 17.6. The van der Waals surface area contributed by atoms with Crippen LogP contribution in [0.3, 0.4) is 0 Å². The number of nitrogens with one attached hydrogen (secondary N) is 1. The van der Waals surface area contributed by atoms with Gasteiger partial charge in [0, 0.05) is 16.5 Å². The van der Waals surface area contributed by atoms with Crippen LogP contribution < -0.4 is 10.1 Å². The summed E-state index contributed by atoms with van der Waals surface area (Å²) in [6.45, 7) is 5.01. The molecule has 0 saturated heterocycles. The number of carbonyl (C=O) groups is 1. The van der Waals surface area contributed by atoms with Crippen molar-refractivity contribution in [2.45, 2.75) is 20.4 Å². The summed E-state index contributed by atoms with van der Waals surface area (Å²) in [5, 5.41) is 5.85. The molecule has 0 spiro atoms.